The van der Waals surface area contributed by atoms with Crippen LogP contribution in [0.15, 0.2) is 0 Å². The van der Waals surface area contributed by atoms with Crippen LogP contribution in [0.4, 0.5) is 0 Å². The summed E-state index contributed by atoms with van der Waals surface area (Å²) in [5.41, 5.74) is 0.384. The van der Waals surface area contributed by atoms with Crippen molar-refractivity contribution in [3.05, 3.63) is 0 Å². The van der Waals surface area contributed by atoms with Gasteiger partial charge in [-0.2, -0.15) is 0 Å². The smallest absolute Gasteiger partial charge is 0.0309 e. The highest BCUT2D eigenvalue weighted by Crippen LogP contribution is 2.43. The van der Waals surface area contributed by atoms with Gasteiger partial charge in [0.2, 0.25) is 0 Å². The molecule has 4 atom stereocenters. The van der Waals surface area contributed by atoms with Crippen LogP contribution in [0.25, 0.3) is 0 Å². The van der Waals surface area contributed by atoms with Crippen molar-refractivity contribution >= 4 is 0 Å². The first-order valence-corrected chi connectivity index (χ1v) is 9.40. The van der Waals surface area contributed by atoms with E-state index < -0.39 is 0 Å². The third-order valence-electron chi connectivity index (χ3n) is 6.52. The molecule has 122 valence electrons. The summed E-state index contributed by atoms with van der Waals surface area (Å²) >= 11 is 0. The van der Waals surface area contributed by atoms with Crippen LogP contribution < -0.4 is 5.32 Å². The molecule has 3 rings (SSSR count). The van der Waals surface area contributed by atoms with Gasteiger partial charge in [-0.25, -0.2) is 0 Å². The Morgan fingerprint density at radius 1 is 1.05 bits per heavy atom. The summed E-state index contributed by atoms with van der Waals surface area (Å²) in [5.74, 6) is 3.52. The highest BCUT2D eigenvalue weighted by molar-refractivity contribution is 5.06. The van der Waals surface area contributed by atoms with Crippen molar-refractivity contribution in [3.8, 4) is 0 Å². The molecule has 0 spiro atoms. The van der Waals surface area contributed by atoms with Crippen LogP contribution in [0.1, 0.15) is 66.7 Å². The van der Waals surface area contributed by atoms with E-state index in [9.17, 15) is 0 Å². The molecule has 0 bridgehead atoms. The van der Waals surface area contributed by atoms with Crippen molar-refractivity contribution in [2.75, 3.05) is 13.1 Å². The summed E-state index contributed by atoms with van der Waals surface area (Å²) in [6, 6.07) is 1.57. The van der Waals surface area contributed by atoms with Crippen LogP contribution in [-0.4, -0.2) is 35.6 Å². The SMILES string of the molecule is CC1CC(C)CC(N2CC(C)(C3CC3)NCC2C(C)C)C1. The predicted molar refractivity (Wildman–Crippen MR) is 90.4 cm³/mol. The summed E-state index contributed by atoms with van der Waals surface area (Å²) in [5, 5.41) is 3.94. The number of nitrogens with one attached hydrogen (secondary N) is 1. The average molecular weight is 293 g/mol. The first kappa shape index (κ1) is 15.8. The summed E-state index contributed by atoms with van der Waals surface area (Å²) in [7, 11) is 0. The monoisotopic (exact) mass is 292 g/mol. The van der Waals surface area contributed by atoms with Gasteiger partial charge in [0.25, 0.3) is 0 Å². The Hall–Kier alpha value is -0.0800. The number of piperazine rings is 1. The molecule has 0 aromatic heterocycles. The van der Waals surface area contributed by atoms with Crippen LogP contribution in [0.5, 0.6) is 0 Å². The quantitative estimate of drug-likeness (QED) is 0.848. The van der Waals surface area contributed by atoms with Gasteiger partial charge >= 0.3 is 0 Å². The lowest BCUT2D eigenvalue weighted by atomic mass is 9.77. The molecule has 21 heavy (non-hydrogen) atoms. The average Bonchev–Trinajstić information content (AvgIpc) is 3.21. The van der Waals surface area contributed by atoms with Crippen molar-refractivity contribution in [3.63, 3.8) is 0 Å². The van der Waals surface area contributed by atoms with Crippen LogP contribution in [0, 0.1) is 23.7 Å². The highest BCUT2D eigenvalue weighted by atomic mass is 15.3. The topological polar surface area (TPSA) is 15.3 Å². The lowest BCUT2D eigenvalue weighted by molar-refractivity contribution is -0.00828. The Morgan fingerprint density at radius 3 is 2.19 bits per heavy atom. The third-order valence-corrected chi connectivity index (χ3v) is 6.52. The van der Waals surface area contributed by atoms with Gasteiger partial charge in [0.05, 0.1) is 0 Å². The van der Waals surface area contributed by atoms with Gasteiger partial charge < -0.3 is 5.32 Å². The molecule has 1 N–H and O–H groups in total. The van der Waals surface area contributed by atoms with E-state index in [1.807, 2.05) is 0 Å². The molecule has 2 saturated carbocycles. The van der Waals surface area contributed by atoms with Gasteiger partial charge in [0, 0.05) is 30.7 Å². The van der Waals surface area contributed by atoms with Gasteiger partial charge in [-0.05, 0) is 62.7 Å². The second-order valence-electron chi connectivity index (χ2n) is 9.13. The fourth-order valence-corrected chi connectivity index (χ4v) is 5.20. The largest absolute Gasteiger partial charge is 0.308 e. The second-order valence-corrected chi connectivity index (χ2v) is 9.13. The normalized spacial score (nSPS) is 46.0. The Balaban J connectivity index is 1.76. The highest BCUT2D eigenvalue weighted by Gasteiger charge is 2.48. The lowest BCUT2D eigenvalue weighted by Gasteiger charge is -2.53. The van der Waals surface area contributed by atoms with E-state index in [2.05, 4.69) is 44.8 Å². The van der Waals surface area contributed by atoms with E-state index >= 15 is 0 Å². The van der Waals surface area contributed by atoms with E-state index in [4.69, 9.17) is 0 Å². The molecule has 1 saturated heterocycles. The summed E-state index contributed by atoms with van der Waals surface area (Å²) in [6.07, 6.45) is 7.18. The van der Waals surface area contributed by atoms with E-state index in [1.165, 1.54) is 45.2 Å². The fourth-order valence-electron chi connectivity index (χ4n) is 5.20. The van der Waals surface area contributed by atoms with Crippen LogP contribution in [0.3, 0.4) is 0 Å². The molecule has 1 aliphatic heterocycles. The van der Waals surface area contributed by atoms with Crippen molar-refractivity contribution in [1.82, 2.24) is 10.2 Å². The second kappa shape index (κ2) is 5.85. The molecule has 3 aliphatic rings. The fraction of sp³-hybridized carbons (Fsp3) is 1.00. The summed E-state index contributed by atoms with van der Waals surface area (Å²) in [6.45, 7) is 14.7. The third kappa shape index (κ3) is 3.32. The minimum atomic E-state index is 0.384. The predicted octanol–water partition coefficient (Wildman–Crippen LogP) is 3.91. The Bertz CT molecular complexity index is 353. The maximum atomic E-state index is 3.94. The van der Waals surface area contributed by atoms with Gasteiger partial charge in [-0.1, -0.05) is 27.7 Å². The van der Waals surface area contributed by atoms with Gasteiger partial charge in [0.1, 0.15) is 0 Å². The molecular weight excluding hydrogens is 256 g/mol. The Kier molecular flexibility index (Phi) is 4.40. The molecule has 4 unspecified atom stereocenters. The molecule has 2 heteroatoms. The summed E-state index contributed by atoms with van der Waals surface area (Å²) in [4.78, 5) is 2.94. The van der Waals surface area contributed by atoms with Crippen molar-refractivity contribution in [2.45, 2.75) is 84.3 Å². The number of nitrogens with zero attached hydrogens (tertiary/aromatic N) is 1. The van der Waals surface area contributed by atoms with Gasteiger partial charge in [-0.3, -0.25) is 4.90 Å². The van der Waals surface area contributed by atoms with Crippen LogP contribution in [-0.2, 0) is 0 Å². The van der Waals surface area contributed by atoms with Crippen LogP contribution in [0.2, 0.25) is 0 Å². The maximum absolute atomic E-state index is 3.94. The molecule has 1 heterocycles. The first-order chi connectivity index (χ1) is 9.89. The first-order valence-electron chi connectivity index (χ1n) is 9.40. The molecular formula is C19H36N2. The zero-order valence-corrected chi connectivity index (χ0v) is 14.9. The van der Waals surface area contributed by atoms with E-state index in [0.29, 0.717) is 5.54 Å². The van der Waals surface area contributed by atoms with Crippen LogP contribution >= 0.6 is 0 Å². The van der Waals surface area contributed by atoms with Gasteiger partial charge in [-0.15, -0.1) is 0 Å². The minimum Gasteiger partial charge on any atom is -0.308 e. The molecule has 2 aliphatic carbocycles. The number of hydrogen-bond donors (Lipinski definition) is 1. The molecule has 0 aromatic rings. The summed E-state index contributed by atoms with van der Waals surface area (Å²) < 4.78 is 0. The standard InChI is InChI=1S/C19H36N2/c1-13(2)18-11-20-19(5,16-6-7-16)12-21(18)17-9-14(3)8-15(4)10-17/h13-18,20H,6-12H2,1-5H3. The van der Waals surface area contributed by atoms with Gasteiger partial charge in [0.15, 0.2) is 0 Å². The lowest BCUT2D eigenvalue weighted by Crippen LogP contribution is -2.67. The Morgan fingerprint density at radius 2 is 1.67 bits per heavy atom. The minimum absolute atomic E-state index is 0.384. The maximum Gasteiger partial charge on any atom is 0.0309 e. The van der Waals surface area contributed by atoms with Crippen molar-refractivity contribution in [2.24, 2.45) is 23.7 Å². The number of rotatable bonds is 3. The van der Waals surface area contributed by atoms with E-state index in [-0.39, 0.29) is 0 Å². The molecule has 0 radical (unpaired) electrons. The molecule has 3 fully saturated rings. The van der Waals surface area contributed by atoms with E-state index in [0.717, 1.165) is 35.8 Å². The van der Waals surface area contributed by atoms with Crippen molar-refractivity contribution < 1.29 is 0 Å². The zero-order valence-electron chi connectivity index (χ0n) is 14.9. The molecule has 0 aromatic carbocycles. The molecule has 0 amide bonds. The molecule has 2 nitrogen and oxygen atoms in total. The van der Waals surface area contributed by atoms with Crippen molar-refractivity contribution in [1.29, 1.82) is 0 Å². The Labute approximate surface area is 132 Å². The zero-order chi connectivity index (χ0) is 15.2. The number of hydrogen-bond acceptors (Lipinski definition) is 2. The van der Waals surface area contributed by atoms with E-state index in [1.54, 1.807) is 0 Å².